The monoisotopic (exact) mass is 249 g/mol. The second-order valence-corrected chi connectivity index (χ2v) is 4.50. The molecule has 0 saturated carbocycles. The minimum absolute atomic E-state index is 0.192. The summed E-state index contributed by atoms with van der Waals surface area (Å²) in [7, 11) is 0. The number of rotatable bonds is 6. The fourth-order valence-electron chi connectivity index (χ4n) is 1.83. The molecule has 1 aromatic carbocycles. The number of esters is 1. The smallest absolute Gasteiger partial charge is 0.328 e. The molecule has 0 aromatic heterocycles. The molecule has 3 nitrogen and oxygen atoms in total. The number of nitrogens with one attached hydrogen (secondary N) is 1. The molecule has 1 atom stereocenters. The maximum atomic E-state index is 11.7. The molecule has 0 aliphatic carbocycles. The predicted octanol–water partition coefficient (Wildman–Crippen LogP) is 3.31. The Balaban J connectivity index is 2.75. The Morgan fingerprint density at radius 2 is 2.11 bits per heavy atom. The van der Waals surface area contributed by atoms with E-state index < -0.39 is 0 Å². The lowest BCUT2D eigenvalue weighted by atomic mass is 10.1. The Morgan fingerprint density at radius 3 is 2.72 bits per heavy atom. The van der Waals surface area contributed by atoms with Crippen molar-refractivity contribution >= 4 is 11.7 Å². The minimum Gasteiger partial charge on any atom is -0.464 e. The van der Waals surface area contributed by atoms with Gasteiger partial charge in [0.15, 0.2) is 0 Å². The maximum absolute atomic E-state index is 11.7. The molecule has 1 N–H and O–H groups in total. The van der Waals surface area contributed by atoms with Crippen molar-refractivity contribution in [1.82, 2.24) is 0 Å². The molecule has 0 heterocycles. The van der Waals surface area contributed by atoms with Crippen molar-refractivity contribution in [2.45, 2.75) is 46.6 Å². The molecule has 0 amide bonds. The summed E-state index contributed by atoms with van der Waals surface area (Å²) in [5.74, 6) is -0.192. The van der Waals surface area contributed by atoms with Crippen LogP contribution in [-0.4, -0.2) is 18.6 Å². The van der Waals surface area contributed by atoms with E-state index in [0.717, 1.165) is 24.1 Å². The van der Waals surface area contributed by atoms with Crippen molar-refractivity contribution in [2.75, 3.05) is 11.9 Å². The molecule has 3 heteroatoms. The van der Waals surface area contributed by atoms with Gasteiger partial charge >= 0.3 is 5.97 Å². The van der Waals surface area contributed by atoms with Crippen LogP contribution in [0.2, 0.25) is 0 Å². The molecular formula is C15H23NO2. The van der Waals surface area contributed by atoms with Crippen LogP contribution in [0.4, 0.5) is 5.69 Å². The van der Waals surface area contributed by atoms with Gasteiger partial charge in [-0.05, 0) is 37.8 Å². The molecule has 1 rings (SSSR count). The number of anilines is 1. The average molecular weight is 249 g/mol. The van der Waals surface area contributed by atoms with E-state index in [1.165, 1.54) is 5.56 Å². The summed E-state index contributed by atoms with van der Waals surface area (Å²) < 4.78 is 5.14. The second kappa shape index (κ2) is 7.04. The molecule has 0 radical (unpaired) electrons. The van der Waals surface area contributed by atoms with E-state index in [1.54, 1.807) is 0 Å². The highest BCUT2D eigenvalue weighted by Crippen LogP contribution is 2.22. The standard InChI is InChI=1S/C15H23NO2/c1-5-10-18-15(17)12(4)16-14-11(3)8-7-9-13(14)6-2/h7-9,12,16H,5-6,10H2,1-4H3/t12-/m0/s1. The van der Waals surface area contributed by atoms with E-state index in [4.69, 9.17) is 4.74 Å². The largest absolute Gasteiger partial charge is 0.464 e. The average Bonchev–Trinajstić information content (AvgIpc) is 2.38. The number of carbonyl (C=O) groups excluding carboxylic acids is 1. The molecule has 0 fully saturated rings. The molecule has 0 unspecified atom stereocenters. The SMILES string of the molecule is CCCOC(=O)[C@H](C)Nc1c(C)cccc1CC. The molecule has 0 aliphatic rings. The van der Waals surface area contributed by atoms with Crippen LogP contribution in [0.5, 0.6) is 0 Å². The summed E-state index contributed by atoms with van der Waals surface area (Å²) in [4.78, 5) is 11.7. The lowest BCUT2D eigenvalue weighted by Crippen LogP contribution is -2.29. The normalized spacial score (nSPS) is 12.0. The number of benzene rings is 1. The highest BCUT2D eigenvalue weighted by molar-refractivity contribution is 5.79. The molecule has 1 aromatic rings. The summed E-state index contributed by atoms with van der Waals surface area (Å²) in [6.07, 6.45) is 1.80. The van der Waals surface area contributed by atoms with Gasteiger partial charge in [0.05, 0.1) is 6.61 Å². The quantitative estimate of drug-likeness (QED) is 0.786. The molecule has 0 spiro atoms. The predicted molar refractivity (Wildman–Crippen MR) is 74.9 cm³/mol. The van der Waals surface area contributed by atoms with E-state index in [-0.39, 0.29) is 12.0 Å². The fourth-order valence-corrected chi connectivity index (χ4v) is 1.83. The molecule has 0 saturated heterocycles. The van der Waals surface area contributed by atoms with Crippen LogP contribution in [0.3, 0.4) is 0 Å². The third-order valence-electron chi connectivity index (χ3n) is 2.90. The molecular weight excluding hydrogens is 226 g/mol. The van der Waals surface area contributed by atoms with Crippen LogP contribution >= 0.6 is 0 Å². The van der Waals surface area contributed by atoms with Crippen LogP contribution in [0.1, 0.15) is 38.3 Å². The first-order valence-electron chi connectivity index (χ1n) is 6.61. The minimum atomic E-state index is -0.317. The van der Waals surface area contributed by atoms with Gasteiger partial charge in [0.2, 0.25) is 0 Å². The van der Waals surface area contributed by atoms with Crippen molar-refractivity contribution in [3.05, 3.63) is 29.3 Å². The maximum Gasteiger partial charge on any atom is 0.328 e. The van der Waals surface area contributed by atoms with Crippen LogP contribution in [-0.2, 0) is 16.0 Å². The zero-order valence-electron chi connectivity index (χ0n) is 11.7. The first-order valence-corrected chi connectivity index (χ1v) is 6.61. The van der Waals surface area contributed by atoms with Gasteiger partial charge in [-0.2, -0.15) is 0 Å². The van der Waals surface area contributed by atoms with E-state index >= 15 is 0 Å². The molecule has 0 aliphatic heterocycles. The van der Waals surface area contributed by atoms with E-state index in [0.29, 0.717) is 6.61 Å². The van der Waals surface area contributed by atoms with Crippen LogP contribution < -0.4 is 5.32 Å². The van der Waals surface area contributed by atoms with Crippen LogP contribution in [0.15, 0.2) is 18.2 Å². The van der Waals surface area contributed by atoms with Gasteiger partial charge in [0.1, 0.15) is 6.04 Å². The van der Waals surface area contributed by atoms with Crippen LogP contribution in [0.25, 0.3) is 0 Å². The van der Waals surface area contributed by atoms with Gasteiger partial charge in [0, 0.05) is 5.69 Å². The summed E-state index contributed by atoms with van der Waals surface area (Å²) in [5, 5.41) is 3.26. The number of para-hydroxylation sites is 1. The number of aryl methyl sites for hydroxylation is 2. The third-order valence-corrected chi connectivity index (χ3v) is 2.90. The zero-order chi connectivity index (χ0) is 13.5. The first-order chi connectivity index (χ1) is 8.60. The number of carbonyl (C=O) groups is 1. The molecule has 100 valence electrons. The van der Waals surface area contributed by atoms with Crippen molar-refractivity contribution in [2.24, 2.45) is 0 Å². The van der Waals surface area contributed by atoms with Gasteiger partial charge in [-0.25, -0.2) is 4.79 Å². The highest BCUT2D eigenvalue weighted by atomic mass is 16.5. The number of hydrogen-bond donors (Lipinski definition) is 1. The van der Waals surface area contributed by atoms with Crippen molar-refractivity contribution in [3.8, 4) is 0 Å². The Bertz CT molecular complexity index is 401. The zero-order valence-corrected chi connectivity index (χ0v) is 11.7. The number of ether oxygens (including phenoxy) is 1. The summed E-state index contributed by atoms with van der Waals surface area (Å²) in [6, 6.07) is 5.85. The summed E-state index contributed by atoms with van der Waals surface area (Å²) in [5.41, 5.74) is 3.44. The Morgan fingerprint density at radius 1 is 1.39 bits per heavy atom. The second-order valence-electron chi connectivity index (χ2n) is 4.50. The number of hydrogen-bond acceptors (Lipinski definition) is 3. The van der Waals surface area contributed by atoms with Gasteiger partial charge in [0.25, 0.3) is 0 Å². The first kappa shape index (κ1) is 14.6. The van der Waals surface area contributed by atoms with E-state index in [2.05, 4.69) is 18.3 Å². The van der Waals surface area contributed by atoms with Gasteiger partial charge in [-0.3, -0.25) is 0 Å². The molecule has 18 heavy (non-hydrogen) atoms. The highest BCUT2D eigenvalue weighted by Gasteiger charge is 2.16. The van der Waals surface area contributed by atoms with Crippen LogP contribution in [0, 0.1) is 6.92 Å². The van der Waals surface area contributed by atoms with Crippen molar-refractivity contribution < 1.29 is 9.53 Å². The lowest BCUT2D eigenvalue weighted by molar-refractivity contribution is -0.144. The van der Waals surface area contributed by atoms with Crippen molar-refractivity contribution in [1.29, 1.82) is 0 Å². The summed E-state index contributed by atoms with van der Waals surface area (Å²) >= 11 is 0. The fraction of sp³-hybridized carbons (Fsp3) is 0.533. The van der Waals surface area contributed by atoms with Crippen molar-refractivity contribution in [3.63, 3.8) is 0 Å². The topological polar surface area (TPSA) is 38.3 Å². The Labute approximate surface area is 110 Å². The lowest BCUT2D eigenvalue weighted by Gasteiger charge is -2.18. The Kier molecular flexibility index (Phi) is 5.69. The Hall–Kier alpha value is -1.51. The third kappa shape index (κ3) is 3.76. The van der Waals surface area contributed by atoms with Gasteiger partial charge in [-0.15, -0.1) is 0 Å². The van der Waals surface area contributed by atoms with E-state index in [9.17, 15) is 4.79 Å². The molecule has 0 bridgehead atoms. The van der Waals surface area contributed by atoms with Gasteiger partial charge < -0.3 is 10.1 Å². The van der Waals surface area contributed by atoms with E-state index in [1.807, 2.05) is 32.9 Å². The summed E-state index contributed by atoms with van der Waals surface area (Å²) in [6.45, 7) is 8.47. The van der Waals surface area contributed by atoms with Gasteiger partial charge in [-0.1, -0.05) is 32.0 Å².